The molecular weight excluding hydrogens is 400 g/mol. The van der Waals surface area contributed by atoms with Crippen molar-refractivity contribution in [2.24, 2.45) is 0 Å². The van der Waals surface area contributed by atoms with Gasteiger partial charge in [-0.1, -0.05) is 31.2 Å². The first-order valence-electron chi connectivity index (χ1n) is 11.0. The molecule has 2 aliphatic rings. The zero-order chi connectivity index (χ0) is 23.1. The largest absolute Gasteiger partial charge is 0.496 e. The Morgan fingerprint density at radius 2 is 1.31 bits per heavy atom. The standard InChI is InChI=1S/C28H32O4/c1-18(22-15-21-11-13-28(4,5)32-25(21)17-26(22)30-7)8-9-19-14-20-10-12-27(2,3)31-24(20)16-23(19)29-6/h8-18H,1-7H3/t18-/m0/s1. The minimum absolute atomic E-state index is 0.130. The van der Waals surface area contributed by atoms with Crippen LogP contribution in [0, 0.1) is 0 Å². The normalized spacial score (nSPS) is 18.3. The molecule has 2 aliphatic heterocycles. The average molecular weight is 433 g/mol. The molecule has 32 heavy (non-hydrogen) atoms. The molecule has 0 bridgehead atoms. The lowest BCUT2D eigenvalue weighted by molar-refractivity contribution is 0.158. The second-order valence-corrected chi connectivity index (χ2v) is 9.49. The Morgan fingerprint density at radius 1 is 0.781 bits per heavy atom. The summed E-state index contributed by atoms with van der Waals surface area (Å²) >= 11 is 0. The first kappa shape index (κ1) is 22.1. The highest BCUT2D eigenvalue weighted by atomic mass is 16.5. The number of benzene rings is 2. The van der Waals surface area contributed by atoms with E-state index in [0.29, 0.717) is 0 Å². The summed E-state index contributed by atoms with van der Waals surface area (Å²) < 4.78 is 23.5. The van der Waals surface area contributed by atoms with Crippen LogP contribution in [0.15, 0.2) is 42.5 Å². The van der Waals surface area contributed by atoms with Crippen molar-refractivity contribution in [3.05, 3.63) is 64.7 Å². The molecule has 168 valence electrons. The third kappa shape index (κ3) is 4.40. The van der Waals surface area contributed by atoms with Gasteiger partial charge in [-0.05, 0) is 52.0 Å². The van der Waals surface area contributed by atoms with Gasteiger partial charge in [0.05, 0.1) is 14.2 Å². The molecule has 0 fully saturated rings. The smallest absolute Gasteiger partial charge is 0.131 e. The van der Waals surface area contributed by atoms with E-state index >= 15 is 0 Å². The monoisotopic (exact) mass is 432 g/mol. The highest BCUT2D eigenvalue weighted by Gasteiger charge is 2.25. The highest BCUT2D eigenvalue weighted by molar-refractivity contribution is 5.71. The van der Waals surface area contributed by atoms with Crippen molar-refractivity contribution >= 4 is 18.2 Å². The predicted molar refractivity (Wildman–Crippen MR) is 131 cm³/mol. The molecule has 4 rings (SSSR count). The minimum Gasteiger partial charge on any atom is -0.496 e. The fourth-order valence-electron chi connectivity index (χ4n) is 4.04. The van der Waals surface area contributed by atoms with Crippen molar-refractivity contribution in [3.63, 3.8) is 0 Å². The Bertz CT molecular complexity index is 1120. The number of hydrogen-bond acceptors (Lipinski definition) is 4. The lowest BCUT2D eigenvalue weighted by Crippen LogP contribution is -2.27. The summed E-state index contributed by atoms with van der Waals surface area (Å²) in [4.78, 5) is 0. The molecule has 2 heterocycles. The van der Waals surface area contributed by atoms with Gasteiger partial charge in [0.2, 0.25) is 0 Å². The predicted octanol–water partition coefficient (Wildman–Crippen LogP) is 6.89. The lowest BCUT2D eigenvalue weighted by Gasteiger charge is -2.29. The van der Waals surface area contributed by atoms with Gasteiger partial charge in [0.25, 0.3) is 0 Å². The van der Waals surface area contributed by atoms with Gasteiger partial charge >= 0.3 is 0 Å². The van der Waals surface area contributed by atoms with Gasteiger partial charge in [-0.25, -0.2) is 0 Å². The third-order valence-corrected chi connectivity index (χ3v) is 5.85. The number of hydrogen-bond donors (Lipinski definition) is 0. The van der Waals surface area contributed by atoms with Gasteiger partial charge in [0, 0.05) is 40.3 Å². The zero-order valence-corrected chi connectivity index (χ0v) is 20.0. The van der Waals surface area contributed by atoms with Crippen LogP contribution in [0.4, 0.5) is 0 Å². The Hall–Kier alpha value is -3.14. The van der Waals surface area contributed by atoms with Crippen LogP contribution in [0.1, 0.15) is 62.8 Å². The maximum Gasteiger partial charge on any atom is 0.131 e. The molecule has 0 amide bonds. The number of rotatable bonds is 5. The Morgan fingerprint density at radius 3 is 1.88 bits per heavy atom. The van der Waals surface area contributed by atoms with Gasteiger partial charge in [0.15, 0.2) is 0 Å². The SMILES string of the molecule is COc1cc2c(cc1C=C[C@H](C)c1cc3c(cc1OC)OC(C)(C)C=C3)C=CC(C)(C)O2. The Labute approximate surface area is 191 Å². The van der Waals surface area contributed by atoms with Crippen molar-refractivity contribution < 1.29 is 18.9 Å². The maximum atomic E-state index is 6.10. The topological polar surface area (TPSA) is 36.9 Å². The summed E-state index contributed by atoms with van der Waals surface area (Å²) in [7, 11) is 3.39. The van der Waals surface area contributed by atoms with Crippen LogP contribution >= 0.6 is 0 Å². The maximum absolute atomic E-state index is 6.10. The molecule has 0 aromatic heterocycles. The van der Waals surface area contributed by atoms with Crippen LogP contribution in [0.25, 0.3) is 18.2 Å². The molecule has 2 aromatic rings. The van der Waals surface area contributed by atoms with E-state index in [2.05, 4.69) is 55.5 Å². The third-order valence-electron chi connectivity index (χ3n) is 5.85. The van der Waals surface area contributed by atoms with Crippen LogP contribution in [0.3, 0.4) is 0 Å². The Kier molecular flexibility index (Phi) is 5.58. The number of methoxy groups -OCH3 is 2. The first-order chi connectivity index (χ1) is 15.1. The summed E-state index contributed by atoms with van der Waals surface area (Å²) in [5.74, 6) is 3.42. The molecular formula is C28H32O4. The van der Waals surface area contributed by atoms with Crippen LogP contribution in [-0.2, 0) is 0 Å². The molecule has 0 radical (unpaired) electrons. The van der Waals surface area contributed by atoms with Gasteiger partial charge < -0.3 is 18.9 Å². The van der Waals surface area contributed by atoms with Crippen LogP contribution in [0.2, 0.25) is 0 Å². The average Bonchev–Trinajstić information content (AvgIpc) is 2.74. The highest BCUT2D eigenvalue weighted by Crippen LogP contribution is 2.40. The molecule has 0 spiro atoms. The van der Waals surface area contributed by atoms with Crippen molar-refractivity contribution in [2.45, 2.75) is 51.7 Å². The summed E-state index contributed by atoms with van der Waals surface area (Å²) in [6.07, 6.45) is 12.7. The molecule has 4 heteroatoms. The molecule has 4 nitrogen and oxygen atoms in total. The van der Waals surface area contributed by atoms with Gasteiger partial charge in [-0.3, -0.25) is 0 Å². The van der Waals surface area contributed by atoms with Gasteiger partial charge in [-0.15, -0.1) is 0 Å². The zero-order valence-electron chi connectivity index (χ0n) is 20.0. The summed E-state index contributed by atoms with van der Waals surface area (Å²) in [5, 5.41) is 0. The molecule has 0 saturated heterocycles. The van der Waals surface area contributed by atoms with Crippen LogP contribution < -0.4 is 18.9 Å². The Balaban J connectivity index is 1.65. The van der Waals surface area contributed by atoms with Gasteiger partial charge in [0.1, 0.15) is 34.2 Å². The van der Waals surface area contributed by atoms with Crippen molar-refractivity contribution in [1.82, 2.24) is 0 Å². The molecule has 0 aliphatic carbocycles. The fraction of sp³-hybridized carbons (Fsp3) is 0.357. The summed E-state index contributed by atoms with van der Waals surface area (Å²) in [5.41, 5.74) is 3.59. The van der Waals surface area contributed by atoms with Crippen LogP contribution in [-0.4, -0.2) is 25.4 Å². The van der Waals surface area contributed by atoms with E-state index in [0.717, 1.165) is 45.3 Å². The number of fused-ring (bicyclic) bond motifs is 2. The van der Waals surface area contributed by atoms with Crippen molar-refractivity contribution in [1.29, 1.82) is 0 Å². The minimum atomic E-state index is -0.319. The molecule has 0 unspecified atom stereocenters. The van der Waals surface area contributed by atoms with Gasteiger partial charge in [-0.2, -0.15) is 0 Å². The van der Waals surface area contributed by atoms with Crippen molar-refractivity contribution in [3.8, 4) is 23.0 Å². The first-order valence-corrected chi connectivity index (χ1v) is 11.0. The van der Waals surface area contributed by atoms with E-state index in [9.17, 15) is 0 Å². The molecule has 0 saturated carbocycles. The second kappa shape index (κ2) is 8.09. The van der Waals surface area contributed by atoms with E-state index in [1.54, 1.807) is 14.2 Å². The molecule has 0 N–H and O–H groups in total. The summed E-state index contributed by atoms with van der Waals surface area (Å²) in [6.45, 7) is 10.3. The second-order valence-electron chi connectivity index (χ2n) is 9.49. The van der Waals surface area contributed by atoms with Crippen molar-refractivity contribution in [2.75, 3.05) is 14.2 Å². The summed E-state index contributed by atoms with van der Waals surface area (Å²) in [6, 6.07) is 8.21. The van der Waals surface area contributed by atoms with E-state index < -0.39 is 0 Å². The molecule has 2 aromatic carbocycles. The van der Waals surface area contributed by atoms with E-state index in [-0.39, 0.29) is 17.1 Å². The van der Waals surface area contributed by atoms with E-state index in [1.807, 2.05) is 39.8 Å². The molecule has 1 atom stereocenters. The van der Waals surface area contributed by atoms with E-state index in [4.69, 9.17) is 18.9 Å². The number of ether oxygens (including phenoxy) is 4. The lowest BCUT2D eigenvalue weighted by atomic mass is 9.93. The van der Waals surface area contributed by atoms with E-state index in [1.165, 1.54) is 0 Å². The number of allylic oxidation sites excluding steroid dienone is 1. The van der Waals surface area contributed by atoms with Crippen LogP contribution in [0.5, 0.6) is 23.0 Å². The fourth-order valence-corrected chi connectivity index (χ4v) is 4.04. The quantitative estimate of drug-likeness (QED) is 0.515.